The van der Waals surface area contributed by atoms with Crippen molar-refractivity contribution < 1.29 is 19.3 Å². The highest BCUT2D eigenvalue weighted by molar-refractivity contribution is 6.02. The number of hydrogen-bond acceptors (Lipinski definition) is 8. The number of carbonyl (C=O) groups is 3. The molecular formula is C34H42N6O5. The zero-order valence-corrected chi connectivity index (χ0v) is 26.1. The van der Waals surface area contributed by atoms with Crippen molar-refractivity contribution in [3.8, 4) is 0 Å². The van der Waals surface area contributed by atoms with Crippen LogP contribution < -0.4 is 16.0 Å². The molecule has 2 fully saturated rings. The number of rotatable bonds is 6. The summed E-state index contributed by atoms with van der Waals surface area (Å²) >= 11 is 0. The molecule has 0 bridgehead atoms. The number of nitro groups is 1. The number of nitrogens with one attached hydrogen (secondary N) is 1. The molecule has 3 heterocycles. The predicted molar refractivity (Wildman–Crippen MR) is 171 cm³/mol. The molecule has 0 aromatic heterocycles. The van der Waals surface area contributed by atoms with Crippen LogP contribution in [-0.2, 0) is 14.4 Å². The standard InChI is InChI=1S/C34H42N6O5/c1-33(2)20-26-30(28(41)21-33)31(23-10-12-24(13-11-23)40(44)45)39(27-9-5-4-8-25(27)36-26)22-29(42)37-18-14-34(15-19-37,32(35)43)38-16-6-3-7-17-38/h4-5,8-13,31,36H,3,6-7,14-22H2,1-2H3,(H2,35,43). The molecule has 2 aromatic rings. The number of allylic oxidation sites excluding steroid dienone is 1. The molecule has 3 N–H and O–H groups in total. The highest BCUT2D eigenvalue weighted by atomic mass is 16.6. The van der Waals surface area contributed by atoms with Crippen LogP contribution in [0.25, 0.3) is 0 Å². The second-order valence-corrected chi connectivity index (χ2v) is 13.7. The van der Waals surface area contributed by atoms with Crippen LogP contribution in [0.4, 0.5) is 17.1 Å². The molecule has 0 saturated carbocycles. The number of piperidine rings is 2. The van der Waals surface area contributed by atoms with E-state index in [0.29, 0.717) is 49.9 Å². The van der Waals surface area contributed by atoms with E-state index in [2.05, 4.69) is 24.1 Å². The van der Waals surface area contributed by atoms with Gasteiger partial charge >= 0.3 is 0 Å². The van der Waals surface area contributed by atoms with Crippen LogP contribution in [0.3, 0.4) is 0 Å². The van der Waals surface area contributed by atoms with E-state index in [1.807, 2.05) is 29.2 Å². The van der Waals surface area contributed by atoms with Gasteiger partial charge in [-0.2, -0.15) is 0 Å². The number of carbonyl (C=O) groups excluding carboxylic acids is 3. The molecular weight excluding hydrogens is 572 g/mol. The van der Waals surface area contributed by atoms with Gasteiger partial charge in [0.05, 0.1) is 28.9 Å². The lowest BCUT2D eigenvalue weighted by Gasteiger charge is -2.48. The first-order valence-corrected chi connectivity index (χ1v) is 16.0. The second kappa shape index (κ2) is 11.9. The molecule has 4 aliphatic rings. The lowest BCUT2D eigenvalue weighted by Crippen LogP contribution is -2.64. The number of benzene rings is 2. The maximum Gasteiger partial charge on any atom is 0.269 e. The Hall–Kier alpha value is -4.25. The number of anilines is 2. The third-order valence-electron chi connectivity index (χ3n) is 10.1. The molecule has 2 aromatic carbocycles. The van der Waals surface area contributed by atoms with Gasteiger partial charge in [0.1, 0.15) is 5.54 Å². The maximum atomic E-state index is 14.2. The van der Waals surface area contributed by atoms with E-state index in [1.54, 1.807) is 17.0 Å². The van der Waals surface area contributed by atoms with Crippen molar-refractivity contribution in [2.75, 3.05) is 42.9 Å². The molecule has 3 aliphatic heterocycles. The van der Waals surface area contributed by atoms with E-state index in [1.165, 1.54) is 12.1 Å². The fraction of sp³-hybridized carbons (Fsp3) is 0.500. The van der Waals surface area contributed by atoms with Gasteiger partial charge < -0.3 is 20.9 Å². The average molecular weight is 615 g/mol. The average Bonchev–Trinajstić information content (AvgIpc) is 3.15. The van der Waals surface area contributed by atoms with Gasteiger partial charge in [-0.05, 0) is 80.4 Å². The molecule has 2 saturated heterocycles. The lowest BCUT2D eigenvalue weighted by molar-refractivity contribution is -0.384. The number of likely N-dealkylation sites (tertiary alicyclic amines) is 2. The molecule has 6 rings (SSSR count). The minimum Gasteiger partial charge on any atom is -0.368 e. The Balaban J connectivity index is 1.35. The number of fused-ring (bicyclic) bond motifs is 1. The third-order valence-corrected chi connectivity index (χ3v) is 10.1. The van der Waals surface area contributed by atoms with E-state index < -0.39 is 16.5 Å². The second-order valence-electron chi connectivity index (χ2n) is 13.7. The molecule has 1 aliphatic carbocycles. The van der Waals surface area contributed by atoms with Gasteiger partial charge in [-0.3, -0.25) is 29.4 Å². The zero-order chi connectivity index (χ0) is 31.9. The molecule has 11 nitrogen and oxygen atoms in total. The Morgan fingerprint density at radius 3 is 2.29 bits per heavy atom. The van der Waals surface area contributed by atoms with E-state index in [-0.39, 0.29) is 35.2 Å². The van der Waals surface area contributed by atoms with Crippen molar-refractivity contribution in [1.82, 2.24) is 9.80 Å². The predicted octanol–water partition coefficient (Wildman–Crippen LogP) is 4.54. The molecule has 0 spiro atoms. The Kier molecular flexibility index (Phi) is 8.15. The van der Waals surface area contributed by atoms with Crippen molar-refractivity contribution in [3.63, 3.8) is 0 Å². The van der Waals surface area contributed by atoms with Crippen molar-refractivity contribution in [2.24, 2.45) is 11.1 Å². The molecule has 1 atom stereocenters. The molecule has 11 heteroatoms. The fourth-order valence-electron chi connectivity index (χ4n) is 7.76. The van der Waals surface area contributed by atoms with Gasteiger partial charge in [-0.15, -0.1) is 0 Å². The van der Waals surface area contributed by atoms with Crippen molar-refractivity contribution in [1.29, 1.82) is 0 Å². The van der Waals surface area contributed by atoms with Crippen molar-refractivity contribution in [3.05, 3.63) is 75.5 Å². The van der Waals surface area contributed by atoms with Crippen LogP contribution in [0.2, 0.25) is 0 Å². The summed E-state index contributed by atoms with van der Waals surface area (Å²) in [5, 5.41) is 15.0. The first-order chi connectivity index (χ1) is 21.5. The van der Waals surface area contributed by atoms with Crippen molar-refractivity contribution in [2.45, 2.75) is 70.4 Å². The Bertz CT molecular complexity index is 1540. The lowest BCUT2D eigenvalue weighted by atomic mass is 9.73. The number of amides is 2. The Morgan fingerprint density at radius 1 is 0.978 bits per heavy atom. The van der Waals surface area contributed by atoms with Crippen molar-refractivity contribution >= 4 is 34.7 Å². The zero-order valence-electron chi connectivity index (χ0n) is 26.1. The number of nitrogens with two attached hydrogens (primary N) is 1. The van der Waals surface area contributed by atoms with Gasteiger partial charge in [0.15, 0.2) is 5.78 Å². The van der Waals surface area contributed by atoms with E-state index in [4.69, 9.17) is 5.73 Å². The quantitative estimate of drug-likeness (QED) is 0.357. The smallest absolute Gasteiger partial charge is 0.269 e. The number of primary amides is 1. The molecule has 2 amide bonds. The monoisotopic (exact) mass is 614 g/mol. The Morgan fingerprint density at radius 2 is 1.64 bits per heavy atom. The topological polar surface area (TPSA) is 142 Å². The minimum atomic E-state index is -0.737. The molecule has 238 valence electrons. The van der Waals surface area contributed by atoms with E-state index >= 15 is 0 Å². The van der Waals surface area contributed by atoms with Crippen LogP contribution in [0.5, 0.6) is 0 Å². The number of para-hydroxylation sites is 2. The third kappa shape index (κ3) is 5.81. The van der Waals surface area contributed by atoms with Crippen LogP contribution in [0.15, 0.2) is 59.8 Å². The summed E-state index contributed by atoms with van der Waals surface area (Å²) in [4.78, 5) is 57.9. The number of ketones is 1. The molecule has 45 heavy (non-hydrogen) atoms. The number of hydrogen-bond donors (Lipinski definition) is 2. The van der Waals surface area contributed by atoms with Gasteiger partial charge in [0, 0.05) is 42.9 Å². The first-order valence-electron chi connectivity index (χ1n) is 16.0. The summed E-state index contributed by atoms with van der Waals surface area (Å²) in [6.45, 7) is 6.64. The summed E-state index contributed by atoms with van der Waals surface area (Å²) in [5.74, 6) is -0.436. The summed E-state index contributed by atoms with van der Waals surface area (Å²) in [6.07, 6.45) is 5.20. The van der Waals surface area contributed by atoms with Gasteiger partial charge in [0.25, 0.3) is 5.69 Å². The van der Waals surface area contributed by atoms with Crippen LogP contribution >= 0.6 is 0 Å². The van der Waals surface area contributed by atoms with Crippen LogP contribution in [0, 0.1) is 15.5 Å². The number of nitro benzene ring substituents is 1. The molecule has 1 unspecified atom stereocenters. The highest BCUT2D eigenvalue weighted by Crippen LogP contribution is 2.48. The summed E-state index contributed by atoms with van der Waals surface area (Å²) in [6, 6.07) is 13.4. The summed E-state index contributed by atoms with van der Waals surface area (Å²) in [7, 11) is 0. The van der Waals surface area contributed by atoms with E-state index in [9.17, 15) is 24.5 Å². The SMILES string of the molecule is CC1(C)CC(=O)C2=C(C1)Nc1ccccc1N(CC(=O)N1CCC(C(N)=O)(N3CCCCC3)CC1)C2c1ccc([N+](=O)[O-])cc1. The Labute approximate surface area is 263 Å². The van der Waals surface area contributed by atoms with E-state index in [0.717, 1.165) is 49.4 Å². The normalized spacial score (nSPS) is 23.0. The van der Waals surface area contributed by atoms with Crippen LogP contribution in [-0.4, -0.2) is 70.6 Å². The summed E-state index contributed by atoms with van der Waals surface area (Å²) in [5.41, 5.74) is 8.63. The van der Waals surface area contributed by atoms with Gasteiger partial charge in [-0.25, -0.2) is 0 Å². The fourth-order valence-corrected chi connectivity index (χ4v) is 7.76. The number of Topliss-reactive ketones (excluding diaryl/α,β-unsaturated/α-hetero) is 1. The van der Waals surface area contributed by atoms with Gasteiger partial charge in [0.2, 0.25) is 11.8 Å². The number of nitrogens with zero attached hydrogens (tertiary/aromatic N) is 4. The van der Waals surface area contributed by atoms with Gasteiger partial charge in [-0.1, -0.05) is 32.4 Å². The number of non-ortho nitro benzene ring substituents is 1. The first kappa shape index (κ1) is 30.8. The molecule has 0 radical (unpaired) electrons. The maximum absolute atomic E-state index is 14.2. The highest BCUT2D eigenvalue weighted by Gasteiger charge is 2.47. The minimum absolute atomic E-state index is 0.00639. The van der Waals surface area contributed by atoms with Crippen LogP contribution in [0.1, 0.15) is 70.4 Å². The largest absolute Gasteiger partial charge is 0.368 e. The summed E-state index contributed by atoms with van der Waals surface area (Å²) < 4.78 is 0.